The van der Waals surface area contributed by atoms with Gasteiger partial charge >= 0.3 is 0 Å². The van der Waals surface area contributed by atoms with Crippen molar-refractivity contribution in [1.29, 1.82) is 0 Å². The lowest BCUT2D eigenvalue weighted by Gasteiger charge is -2.28. The molecule has 1 aliphatic rings. The predicted octanol–water partition coefficient (Wildman–Crippen LogP) is 0.523. The van der Waals surface area contributed by atoms with Crippen LogP contribution in [0, 0.1) is 5.92 Å². The van der Waals surface area contributed by atoms with Crippen molar-refractivity contribution in [2.75, 3.05) is 26.9 Å². The Labute approximate surface area is 107 Å². The molecular formula is C12H22N4O2. The molecule has 102 valence electrons. The highest BCUT2D eigenvalue weighted by atomic mass is 16.5. The number of hydrogen-bond acceptors (Lipinski definition) is 5. The normalized spacial score (nSPS) is 24.4. The largest absolute Gasteiger partial charge is 0.383 e. The summed E-state index contributed by atoms with van der Waals surface area (Å²) in [6.45, 7) is 5.60. The monoisotopic (exact) mass is 254 g/mol. The fourth-order valence-corrected chi connectivity index (χ4v) is 2.46. The molecule has 18 heavy (non-hydrogen) atoms. The Balaban J connectivity index is 2.22. The van der Waals surface area contributed by atoms with E-state index in [1.165, 1.54) is 0 Å². The minimum atomic E-state index is 0.406. The predicted molar refractivity (Wildman–Crippen MR) is 67.1 cm³/mol. The van der Waals surface area contributed by atoms with Gasteiger partial charge in [-0.15, -0.1) is 10.2 Å². The average Bonchev–Trinajstić information content (AvgIpc) is 2.79. The van der Waals surface area contributed by atoms with E-state index >= 15 is 0 Å². The summed E-state index contributed by atoms with van der Waals surface area (Å²) in [6.07, 6.45) is 0.997. The van der Waals surface area contributed by atoms with Crippen LogP contribution in [0.15, 0.2) is 0 Å². The van der Waals surface area contributed by atoms with Crippen LogP contribution < -0.4 is 5.73 Å². The molecule has 2 rings (SSSR count). The van der Waals surface area contributed by atoms with Gasteiger partial charge in [-0.05, 0) is 12.3 Å². The van der Waals surface area contributed by atoms with E-state index in [4.69, 9.17) is 15.2 Å². The Hall–Kier alpha value is -0.980. The molecule has 0 radical (unpaired) electrons. The molecule has 1 saturated heterocycles. The minimum absolute atomic E-state index is 0.406. The zero-order valence-electron chi connectivity index (χ0n) is 11.1. The maximum atomic E-state index is 5.71. The van der Waals surface area contributed by atoms with Gasteiger partial charge in [0.2, 0.25) is 0 Å². The van der Waals surface area contributed by atoms with E-state index in [9.17, 15) is 0 Å². The van der Waals surface area contributed by atoms with E-state index in [-0.39, 0.29) is 0 Å². The van der Waals surface area contributed by atoms with Gasteiger partial charge < -0.3 is 19.8 Å². The molecule has 0 aromatic carbocycles. The van der Waals surface area contributed by atoms with Crippen molar-refractivity contribution in [2.24, 2.45) is 11.7 Å². The van der Waals surface area contributed by atoms with Gasteiger partial charge in [-0.1, -0.05) is 6.92 Å². The van der Waals surface area contributed by atoms with Crippen LogP contribution >= 0.6 is 0 Å². The number of nitrogens with two attached hydrogens (primary N) is 1. The van der Waals surface area contributed by atoms with Gasteiger partial charge in [-0.2, -0.15) is 0 Å². The third-order valence-electron chi connectivity index (χ3n) is 3.53. The molecule has 0 amide bonds. The molecule has 1 aliphatic heterocycles. The Bertz CT molecular complexity index is 380. The highest BCUT2D eigenvalue weighted by Gasteiger charge is 2.28. The van der Waals surface area contributed by atoms with Gasteiger partial charge in [0.15, 0.2) is 0 Å². The van der Waals surface area contributed by atoms with Crippen molar-refractivity contribution < 1.29 is 9.47 Å². The smallest absolute Gasteiger partial charge is 0.146 e. The van der Waals surface area contributed by atoms with E-state index in [1.807, 2.05) is 0 Å². The van der Waals surface area contributed by atoms with Gasteiger partial charge in [0.05, 0.1) is 13.2 Å². The zero-order valence-corrected chi connectivity index (χ0v) is 11.1. The molecule has 6 heteroatoms. The molecule has 2 N–H and O–H groups in total. The second kappa shape index (κ2) is 6.26. The Morgan fingerprint density at radius 3 is 3.00 bits per heavy atom. The number of rotatable bonds is 5. The lowest BCUT2D eigenvalue weighted by Crippen LogP contribution is -2.27. The summed E-state index contributed by atoms with van der Waals surface area (Å²) >= 11 is 0. The van der Waals surface area contributed by atoms with Gasteiger partial charge in [-0.3, -0.25) is 0 Å². The standard InChI is InChI=1S/C12H22N4O2/c1-9-8-18-5-3-10(9)12-15-14-11(7-13)16(12)4-6-17-2/h9-10H,3-8,13H2,1-2H3. The van der Waals surface area contributed by atoms with Crippen LogP contribution in [0.4, 0.5) is 0 Å². The quantitative estimate of drug-likeness (QED) is 0.829. The lowest BCUT2D eigenvalue weighted by atomic mass is 9.89. The number of hydrogen-bond donors (Lipinski definition) is 1. The van der Waals surface area contributed by atoms with Gasteiger partial charge in [0, 0.05) is 32.8 Å². The van der Waals surface area contributed by atoms with E-state index in [0.29, 0.717) is 25.0 Å². The van der Waals surface area contributed by atoms with Crippen LogP contribution in [0.2, 0.25) is 0 Å². The molecule has 1 aromatic heterocycles. The molecule has 0 spiro atoms. The van der Waals surface area contributed by atoms with E-state index < -0.39 is 0 Å². The van der Waals surface area contributed by atoms with Crippen LogP contribution in [0.1, 0.15) is 30.9 Å². The van der Waals surface area contributed by atoms with Crippen molar-refractivity contribution >= 4 is 0 Å². The van der Waals surface area contributed by atoms with Crippen LogP contribution in [-0.2, 0) is 22.6 Å². The fourth-order valence-electron chi connectivity index (χ4n) is 2.46. The summed E-state index contributed by atoms with van der Waals surface area (Å²) in [5, 5.41) is 8.52. The molecule has 2 heterocycles. The molecule has 6 nitrogen and oxygen atoms in total. The van der Waals surface area contributed by atoms with E-state index in [0.717, 1.165) is 37.8 Å². The minimum Gasteiger partial charge on any atom is -0.383 e. The van der Waals surface area contributed by atoms with Crippen molar-refractivity contribution in [1.82, 2.24) is 14.8 Å². The molecule has 0 saturated carbocycles. The van der Waals surface area contributed by atoms with Crippen LogP contribution in [0.3, 0.4) is 0 Å². The molecule has 0 bridgehead atoms. The van der Waals surface area contributed by atoms with E-state index in [1.54, 1.807) is 7.11 Å². The van der Waals surface area contributed by atoms with E-state index in [2.05, 4.69) is 21.7 Å². The van der Waals surface area contributed by atoms with Gasteiger partial charge in [0.1, 0.15) is 11.6 Å². The van der Waals surface area contributed by atoms with Gasteiger partial charge in [-0.25, -0.2) is 0 Å². The molecule has 0 aliphatic carbocycles. The van der Waals surface area contributed by atoms with Crippen LogP contribution in [0.5, 0.6) is 0 Å². The SMILES string of the molecule is COCCn1c(CN)nnc1C1CCOCC1C. The van der Waals surface area contributed by atoms with Crippen LogP contribution in [-0.4, -0.2) is 41.7 Å². The first kappa shape index (κ1) is 13.5. The van der Waals surface area contributed by atoms with Crippen molar-refractivity contribution in [3.05, 3.63) is 11.6 Å². The summed E-state index contributed by atoms with van der Waals surface area (Å²) in [5.74, 6) is 2.74. The molecular weight excluding hydrogens is 232 g/mol. The first-order valence-corrected chi connectivity index (χ1v) is 6.46. The Kier molecular flexibility index (Phi) is 4.68. The summed E-state index contributed by atoms with van der Waals surface area (Å²) in [6, 6.07) is 0. The maximum absolute atomic E-state index is 5.71. The zero-order chi connectivity index (χ0) is 13.0. The topological polar surface area (TPSA) is 75.2 Å². The summed E-state index contributed by atoms with van der Waals surface area (Å²) in [4.78, 5) is 0. The second-order valence-corrected chi connectivity index (χ2v) is 4.77. The summed E-state index contributed by atoms with van der Waals surface area (Å²) in [5.41, 5.74) is 5.71. The summed E-state index contributed by atoms with van der Waals surface area (Å²) in [7, 11) is 1.70. The van der Waals surface area contributed by atoms with Crippen molar-refractivity contribution in [2.45, 2.75) is 32.4 Å². The first-order valence-electron chi connectivity index (χ1n) is 6.46. The van der Waals surface area contributed by atoms with Crippen LogP contribution in [0.25, 0.3) is 0 Å². The number of ether oxygens (including phenoxy) is 2. The first-order chi connectivity index (χ1) is 8.77. The highest BCUT2D eigenvalue weighted by molar-refractivity contribution is 5.05. The number of methoxy groups -OCH3 is 1. The highest BCUT2D eigenvalue weighted by Crippen LogP contribution is 2.30. The fraction of sp³-hybridized carbons (Fsp3) is 0.833. The summed E-state index contributed by atoms with van der Waals surface area (Å²) < 4.78 is 12.7. The second-order valence-electron chi connectivity index (χ2n) is 4.77. The molecule has 2 atom stereocenters. The number of aromatic nitrogens is 3. The average molecular weight is 254 g/mol. The lowest BCUT2D eigenvalue weighted by molar-refractivity contribution is 0.0439. The molecule has 1 fully saturated rings. The van der Waals surface area contributed by atoms with Crippen molar-refractivity contribution in [3.8, 4) is 0 Å². The Morgan fingerprint density at radius 2 is 2.33 bits per heavy atom. The van der Waals surface area contributed by atoms with Gasteiger partial charge in [0.25, 0.3) is 0 Å². The number of nitrogens with zero attached hydrogens (tertiary/aromatic N) is 3. The third kappa shape index (κ3) is 2.71. The third-order valence-corrected chi connectivity index (χ3v) is 3.53. The molecule has 1 aromatic rings. The van der Waals surface area contributed by atoms with Crippen molar-refractivity contribution in [3.63, 3.8) is 0 Å². The molecule has 2 unspecified atom stereocenters. The Morgan fingerprint density at radius 1 is 1.50 bits per heavy atom. The maximum Gasteiger partial charge on any atom is 0.146 e.